The van der Waals surface area contributed by atoms with Crippen LogP contribution in [0.5, 0.6) is 0 Å². The summed E-state index contributed by atoms with van der Waals surface area (Å²) in [6.07, 6.45) is 0. The van der Waals surface area contributed by atoms with E-state index in [1.807, 2.05) is 23.5 Å². The standard InChI is InChI=1S/C50H38B2N2S2/c1-49(2,3)27-15-19-37-35(23-27)51-33-11-7-9-13-41(33)55-43-21-17-29-31-26-40-32(25-39(31)53(37)47(29)45(43)51)30-18-22-44-46-48(30)54(40)38-20-16-28(50(4,5)6)24-36(38)52(46)34-12-8-10-14-42(34)56-44/h7-26H,1-6H3. The molecule has 0 saturated heterocycles. The monoisotopic (exact) mass is 752 g/mol. The van der Waals surface area contributed by atoms with Gasteiger partial charge < -0.3 is 9.13 Å². The van der Waals surface area contributed by atoms with Crippen LogP contribution in [0.15, 0.2) is 141 Å². The van der Waals surface area contributed by atoms with Gasteiger partial charge in [0.1, 0.15) is 0 Å². The maximum Gasteiger partial charge on any atom is 0.249 e. The number of fused-ring (bicyclic) bond motifs is 16. The minimum Gasteiger partial charge on any atom is -0.310 e. The molecule has 0 atom stereocenters. The molecule has 4 aliphatic rings. The Kier molecular flexibility index (Phi) is 6.00. The van der Waals surface area contributed by atoms with Gasteiger partial charge in [-0.25, -0.2) is 0 Å². The predicted molar refractivity (Wildman–Crippen MR) is 243 cm³/mol. The second-order valence-electron chi connectivity index (χ2n) is 18.5. The van der Waals surface area contributed by atoms with Crippen molar-refractivity contribution in [2.24, 2.45) is 0 Å². The van der Waals surface area contributed by atoms with Gasteiger partial charge in [-0.05, 0) is 92.3 Å². The summed E-state index contributed by atoms with van der Waals surface area (Å²) in [5.41, 5.74) is 19.4. The lowest BCUT2D eigenvalue weighted by Crippen LogP contribution is -2.58. The first-order chi connectivity index (χ1) is 27.0. The fourth-order valence-electron chi connectivity index (χ4n) is 10.7. The van der Waals surface area contributed by atoms with Gasteiger partial charge in [-0.3, -0.25) is 0 Å². The summed E-state index contributed by atoms with van der Waals surface area (Å²) in [5.74, 6) is 0. The van der Waals surface area contributed by atoms with Crippen molar-refractivity contribution < 1.29 is 0 Å². The van der Waals surface area contributed by atoms with Crippen molar-refractivity contribution in [3.05, 3.63) is 132 Å². The van der Waals surface area contributed by atoms with Gasteiger partial charge in [0.2, 0.25) is 13.4 Å². The van der Waals surface area contributed by atoms with Gasteiger partial charge in [-0.15, -0.1) is 0 Å². The minimum atomic E-state index is 0.0475. The van der Waals surface area contributed by atoms with E-state index >= 15 is 0 Å². The number of hydrogen-bond acceptors (Lipinski definition) is 2. The molecule has 0 aliphatic carbocycles. The second-order valence-corrected chi connectivity index (χ2v) is 20.7. The third-order valence-corrected chi connectivity index (χ3v) is 15.7. The van der Waals surface area contributed by atoms with Crippen LogP contribution in [0.25, 0.3) is 55.0 Å². The van der Waals surface area contributed by atoms with Crippen molar-refractivity contribution in [1.29, 1.82) is 0 Å². The Bertz CT molecular complexity index is 3080. The van der Waals surface area contributed by atoms with E-state index in [1.54, 1.807) is 0 Å². The number of aromatic nitrogens is 2. The Hall–Kier alpha value is -5.03. The topological polar surface area (TPSA) is 9.86 Å². The van der Waals surface area contributed by atoms with Crippen LogP contribution < -0.4 is 32.8 Å². The fraction of sp³-hybridized carbons (Fsp3) is 0.160. The number of benzene rings is 7. The van der Waals surface area contributed by atoms with Crippen LogP contribution in [0.2, 0.25) is 0 Å². The predicted octanol–water partition coefficient (Wildman–Crippen LogP) is 9.06. The van der Waals surface area contributed by atoms with Crippen molar-refractivity contribution in [3.8, 4) is 11.4 Å². The molecule has 0 bridgehead atoms. The first-order valence-electron chi connectivity index (χ1n) is 20.0. The van der Waals surface area contributed by atoms with E-state index in [4.69, 9.17) is 0 Å². The van der Waals surface area contributed by atoms with Crippen LogP contribution in [0.3, 0.4) is 0 Å². The van der Waals surface area contributed by atoms with E-state index < -0.39 is 0 Å². The van der Waals surface area contributed by atoms with Crippen LogP contribution in [-0.4, -0.2) is 22.6 Å². The summed E-state index contributed by atoms with van der Waals surface area (Å²) in [5, 5.41) is 5.34. The van der Waals surface area contributed by atoms with E-state index in [-0.39, 0.29) is 24.3 Å². The molecule has 0 amide bonds. The average Bonchev–Trinajstić information content (AvgIpc) is 3.70. The van der Waals surface area contributed by atoms with Crippen LogP contribution >= 0.6 is 23.5 Å². The quantitative estimate of drug-likeness (QED) is 0.143. The molecule has 0 unspecified atom stereocenters. The van der Waals surface area contributed by atoms with Gasteiger partial charge in [0.15, 0.2) is 0 Å². The Labute approximate surface area is 336 Å². The lowest BCUT2D eigenvalue weighted by atomic mass is 9.35. The second kappa shape index (κ2) is 10.5. The Morgan fingerprint density at radius 3 is 1.27 bits per heavy atom. The van der Waals surface area contributed by atoms with Crippen LogP contribution in [0.4, 0.5) is 0 Å². The molecule has 6 heterocycles. The molecule has 56 heavy (non-hydrogen) atoms. The highest BCUT2D eigenvalue weighted by Crippen LogP contribution is 2.45. The SMILES string of the molecule is CC(C)(C)c1ccc2c(c1)B1c3ccccc3Sc3ccc4c5cc6c(cc5n-2c4c31)c1ccc2c3c1n6-c1ccc(C(C)(C)C)cc1B3c1ccccc1S2. The maximum atomic E-state index is 2.63. The van der Waals surface area contributed by atoms with E-state index in [2.05, 4.69) is 172 Å². The molecular weight excluding hydrogens is 714 g/mol. The lowest BCUT2D eigenvalue weighted by molar-refractivity contribution is 0.590. The molecule has 0 fully saturated rings. The highest BCUT2D eigenvalue weighted by Gasteiger charge is 2.42. The Morgan fingerprint density at radius 1 is 0.411 bits per heavy atom. The summed E-state index contributed by atoms with van der Waals surface area (Å²) < 4.78 is 5.27. The van der Waals surface area contributed by atoms with Crippen molar-refractivity contribution in [2.45, 2.75) is 72.0 Å². The normalized spacial score (nSPS) is 14.8. The Morgan fingerprint density at radius 2 is 0.839 bits per heavy atom. The van der Waals surface area contributed by atoms with Crippen molar-refractivity contribution in [3.63, 3.8) is 0 Å². The van der Waals surface area contributed by atoms with E-state index in [0.717, 1.165) is 0 Å². The molecule has 266 valence electrons. The zero-order chi connectivity index (χ0) is 37.6. The highest BCUT2D eigenvalue weighted by atomic mass is 32.2. The third kappa shape index (κ3) is 3.95. The third-order valence-electron chi connectivity index (χ3n) is 13.3. The van der Waals surface area contributed by atoms with Gasteiger partial charge in [0, 0.05) is 52.5 Å². The Balaban J connectivity index is 1.17. The molecule has 4 aliphatic heterocycles. The summed E-state index contributed by atoms with van der Waals surface area (Å²) in [7, 11) is 0. The number of nitrogens with zero attached hydrogens (tertiary/aromatic N) is 2. The summed E-state index contributed by atoms with van der Waals surface area (Å²) in [4.78, 5) is 5.50. The largest absolute Gasteiger partial charge is 0.310 e. The van der Waals surface area contributed by atoms with Crippen molar-refractivity contribution >= 4 is 113 Å². The van der Waals surface area contributed by atoms with Crippen molar-refractivity contribution in [2.75, 3.05) is 0 Å². The lowest BCUT2D eigenvalue weighted by Gasteiger charge is -2.34. The van der Waals surface area contributed by atoms with E-state index in [9.17, 15) is 0 Å². The van der Waals surface area contributed by atoms with Gasteiger partial charge >= 0.3 is 0 Å². The first-order valence-corrected chi connectivity index (χ1v) is 21.6. The molecular formula is C50H38B2N2S2. The van der Waals surface area contributed by atoms with Crippen molar-refractivity contribution in [1.82, 2.24) is 9.13 Å². The molecule has 6 heteroatoms. The number of rotatable bonds is 0. The molecule has 9 aromatic rings. The molecule has 7 aromatic carbocycles. The van der Waals surface area contributed by atoms with E-state index in [1.165, 1.54) is 118 Å². The molecule has 0 spiro atoms. The molecule has 13 rings (SSSR count). The first kappa shape index (κ1) is 32.1. The summed E-state index contributed by atoms with van der Waals surface area (Å²) in [6.45, 7) is 14.4. The minimum absolute atomic E-state index is 0.0475. The van der Waals surface area contributed by atoms with Gasteiger partial charge in [-0.1, -0.05) is 149 Å². The van der Waals surface area contributed by atoms with Gasteiger partial charge in [0.25, 0.3) is 0 Å². The molecule has 2 nitrogen and oxygen atoms in total. The number of hydrogen-bond donors (Lipinski definition) is 0. The zero-order valence-corrected chi connectivity index (χ0v) is 34.0. The smallest absolute Gasteiger partial charge is 0.249 e. The molecule has 0 N–H and O–H groups in total. The molecule has 2 aromatic heterocycles. The fourth-order valence-corrected chi connectivity index (χ4v) is 13.0. The highest BCUT2D eigenvalue weighted by molar-refractivity contribution is 8.00. The van der Waals surface area contributed by atoms with Gasteiger partial charge in [-0.2, -0.15) is 0 Å². The van der Waals surface area contributed by atoms with E-state index in [0.29, 0.717) is 0 Å². The van der Waals surface area contributed by atoms with Gasteiger partial charge in [0.05, 0.1) is 22.1 Å². The average molecular weight is 753 g/mol. The molecule has 0 radical (unpaired) electrons. The van der Waals surface area contributed by atoms with Crippen LogP contribution in [-0.2, 0) is 10.8 Å². The van der Waals surface area contributed by atoms with Crippen LogP contribution in [0.1, 0.15) is 52.7 Å². The maximum absolute atomic E-state index is 2.63. The summed E-state index contributed by atoms with van der Waals surface area (Å²) >= 11 is 3.88. The van der Waals surface area contributed by atoms with Crippen LogP contribution in [0, 0.1) is 0 Å². The zero-order valence-electron chi connectivity index (χ0n) is 32.4. The summed E-state index contributed by atoms with van der Waals surface area (Å²) in [6, 6.07) is 47.6. The molecule has 0 saturated carbocycles.